The number of hydrogen-bond acceptors (Lipinski definition) is 4. The molecule has 4 rings (SSSR count). The molecule has 2 amide bonds. The summed E-state index contributed by atoms with van der Waals surface area (Å²) < 4.78 is 24.1. The van der Waals surface area contributed by atoms with Gasteiger partial charge in [-0.1, -0.05) is 23.7 Å². The quantitative estimate of drug-likeness (QED) is 0.681. The van der Waals surface area contributed by atoms with Crippen molar-refractivity contribution in [3.8, 4) is 5.75 Å². The topological polar surface area (TPSA) is 59.1 Å². The third-order valence-corrected chi connectivity index (χ3v) is 6.46. The van der Waals surface area contributed by atoms with Gasteiger partial charge in [-0.3, -0.25) is 4.79 Å². The van der Waals surface area contributed by atoms with E-state index in [0.717, 1.165) is 18.4 Å². The summed E-state index contributed by atoms with van der Waals surface area (Å²) in [5.74, 6) is -0.322. The first kappa shape index (κ1) is 22.6. The first-order chi connectivity index (χ1) is 15.4. The molecule has 2 fully saturated rings. The molecule has 32 heavy (non-hydrogen) atoms. The molecule has 3 unspecified atom stereocenters. The SMILES string of the molecule is CN(C(=O)Oc1ccc(F)cc1)C1CN(C(=O)C2CCCOC2)CC1c1ccc(Cl)cc1. The van der Waals surface area contributed by atoms with E-state index in [-0.39, 0.29) is 29.5 Å². The van der Waals surface area contributed by atoms with E-state index >= 15 is 0 Å². The maximum Gasteiger partial charge on any atom is 0.415 e. The highest BCUT2D eigenvalue weighted by Crippen LogP contribution is 2.33. The molecule has 2 aliphatic heterocycles. The Morgan fingerprint density at radius 1 is 1.12 bits per heavy atom. The van der Waals surface area contributed by atoms with E-state index < -0.39 is 11.9 Å². The lowest BCUT2D eigenvalue weighted by Crippen LogP contribution is -2.44. The van der Waals surface area contributed by atoms with Crippen LogP contribution in [0.25, 0.3) is 0 Å². The molecular formula is C24H26ClFN2O4. The zero-order chi connectivity index (χ0) is 22.7. The summed E-state index contributed by atoms with van der Waals surface area (Å²) in [6.07, 6.45) is 1.13. The van der Waals surface area contributed by atoms with Crippen LogP contribution in [-0.2, 0) is 9.53 Å². The highest BCUT2D eigenvalue weighted by Gasteiger charge is 2.42. The molecule has 6 nitrogen and oxygen atoms in total. The van der Waals surface area contributed by atoms with E-state index in [9.17, 15) is 14.0 Å². The Hall–Kier alpha value is -2.64. The molecule has 0 saturated carbocycles. The van der Waals surface area contributed by atoms with Crippen LogP contribution in [0.2, 0.25) is 5.02 Å². The standard InChI is InChI=1S/C24H26ClFN2O4/c1-27(24(30)32-20-10-8-19(26)9-11-20)22-14-28(23(29)17-3-2-12-31-15-17)13-21(22)16-4-6-18(25)7-5-16/h4-11,17,21-22H,2-3,12-15H2,1H3. The Bertz CT molecular complexity index is 947. The van der Waals surface area contributed by atoms with Crippen molar-refractivity contribution in [1.29, 1.82) is 0 Å². The van der Waals surface area contributed by atoms with Crippen LogP contribution in [0, 0.1) is 11.7 Å². The van der Waals surface area contributed by atoms with Crippen molar-refractivity contribution in [2.45, 2.75) is 24.8 Å². The van der Waals surface area contributed by atoms with Gasteiger partial charge < -0.3 is 19.3 Å². The van der Waals surface area contributed by atoms with E-state index in [1.54, 1.807) is 7.05 Å². The van der Waals surface area contributed by atoms with Gasteiger partial charge in [0.05, 0.1) is 18.6 Å². The molecule has 2 aromatic rings. The Morgan fingerprint density at radius 2 is 1.84 bits per heavy atom. The first-order valence-corrected chi connectivity index (χ1v) is 11.1. The van der Waals surface area contributed by atoms with Gasteiger partial charge in [0.15, 0.2) is 0 Å². The third-order valence-electron chi connectivity index (χ3n) is 6.21. The highest BCUT2D eigenvalue weighted by molar-refractivity contribution is 6.30. The molecule has 2 aromatic carbocycles. The lowest BCUT2D eigenvalue weighted by molar-refractivity contribution is -0.138. The van der Waals surface area contributed by atoms with Crippen molar-refractivity contribution in [3.63, 3.8) is 0 Å². The normalized spacial score (nSPS) is 23.1. The number of likely N-dealkylation sites (tertiary alicyclic amines) is 1. The van der Waals surface area contributed by atoms with Gasteiger partial charge in [-0.2, -0.15) is 0 Å². The van der Waals surface area contributed by atoms with Crippen LogP contribution in [0.15, 0.2) is 48.5 Å². The predicted molar refractivity (Wildman–Crippen MR) is 118 cm³/mol. The Balaban J connectivity index is 1.53. The first-order valence-electron chi connectivity index (χ1n) is 10.7. The summed E-state index contributed by atoms with van der Waals surface area (Å²) in [7, 11) is 1.66. The Kier molecular flexibility index (Phi) is 6.96. The fourth-order valence-electron chi connectivity index (χ4n) is 4.40. The van der Waals surface area contributed by atoms with Crippen LogP contribution < -0.4 is 4.74 Å². The molecule has 0 aromatic heterocycles. The number of halogens is 2. The number of rotatable bonds is 4. The van der Waals surface area contributed by atoms with Crippen LogP contribution >= 0.6 is 11.6 Å². The third kappa shape index (κ3) is 5.05. The maximum atomic E-state index is 13.2. The molecule has 0 aliphatic carbocycles. The van der Waals surface area contributed by atoms with E-state index in [1.165, 1.54) is 29.2 Å². The molecule has 170 valence electrons. The van der Waals surface area contributed by atoms with E-state index in [2.05, 4.69) is 0 Å². The number of nitrogens with zero attached hydrogens (tertiary/aromatic N) is 2. The predicted octanol–water partition coefficient (Wildman–Crippen LogP) is 4.33. The molecular weight excluding hydrogens is 435 g/mol. The summed E-state index contributed by atoms with van der Waals surface area (Å²) in [6.45, 7) is 2.03. The highest BCUT2D eigenvalue weighted by atomic mass is 35.5. The number of ether oxygens (including phenoxy) is 2. The average molecular weight is 461 g/mol. The molecule has 0 spiro atoms. The fraction of sp³-hybridized carbons (Fsp3) is 0.417. The number of amides is 2. The van der Waals surface area contributed by atoms with E-state index in [0.29, 0.717) is 31.3 Å². The molecule has 0 radical (unpaired) electrons. The molecule has 0 bridgehead atoms. The van der Waals surface area contributed by atoms with Gasteiger partial charge in [-0.05, 0) is 54.8 Å². The molecule has 3 atom stereocenters. The van der Waals surface area contributed by atoms with Crippen LogP contribution in [0.3, 0.4) is 0 Å². The summed E-state index contributed by atoms with van der Waals surface area (Å²) in [5.41, 5.74) is 0.996. The summed E-state index contributed by atoms with van der Waals surface area (Å²) in [6, 6.07) is 12.5. The van der Waals surface area contributed by atoms with Gasteiger partial charge >= 0.3 is 6.09 Å². The average Bonchev–Trinajstić information content (AvgIpc) is 3.26. The lowest BCUT2D eigenvalue weighted by atomic mass is 9.93. The van der Waals surface area contributed by atoms with Gasteiger partial charge in [0, 0.05) is 37.7 Å². The van der Waals surface area contributed by atoms with E-state index in [4.69, 9.17) is 21.1 Å². The number of hydrogen-bond donors (Lipinski definition) is 0. The maximum absolute atomic E-state index is 13.2. The molecule has 0 N–H and O–H groups in total. The van der Waals surface area contributed by atoms with Crippen molar-refractivity contribution >= 4 is 23.6 Å². The van der Waals surface area contributed by atoms with Crippen molar-refractivity contribution in [1.82, 2.24) is 9.80 Å². The Morgan fingerprint density at radius 3 is 2.50 bits per heavy atom. The monoisotopic (exact) mass is 460 g/mol. The minimum atomic E-state index is -0.559. The zero-order valence-electron chi connectivity index (χ0n) is 17.9. The molecule has 2 heterocycles. The van der Waals surface area contributed by atoms with Crippen LogP contribution in [0.5, 0.6) is 5.75 Å². The minimum absolute atomic E-state index is 0.0615. The van der Waals surface area contributed by atoms with Crippen LogP contribution in [0.1, 0.15) is 24.3 Å². The van der Waals surface area contributed by atoms with Gasteiger partial charge in [0.25, 0.3) is 0 Å². The second-order valence-electron chi connectivity index (χ2n) is 8.32. The second-order valence-corrected chi connectivity index (χ2v) is 8.75. The van der Waals surface area contributed by atoms with E-state index in [1.807, 2.05) is 29.2 Å². The largest absolute Gasteiger partial charge is 0.415 e. The lowest BCUT2D eigenvalue weighted by Gasteiger charge is -2.28. The summed E-state index contributed by atoms with van der Waals surface area (Å²) >= 11 is 6.06. The van der Waals surface area contributed by atoms with Crippen molar-refractivity contribution < 1.29 is 23.5 Å². The van der Waals surface area contributed by atoms with Gasteiger partial charge in [0.1, 0.15) is 11.6 Å². The van der Waals surface area contributed by atoms with Crippen molar-refractivity contribution in [2.75, 3.05) is 33.4 Å². The van der Waals surface area contributed by atoms with Crippen LogP contribution in [0.4, 0.5) is 9.18 Å². The fourth-order valence-corrected chi connectivity index (χ4v) is 4.53. The van der Waals surface area contributed by atoms with Crippen LogP contribution in [-0.4, -0.2) is 61.2 Å². The smallest absolute Gasteiger partial charge is 0.410 e. The van der Waals surface area contributed by atoms with Gasteiger partial charge in [0.2, 0.25) is 5.91 Å². The van der Waals surface area contributed by atoms with Crippen molar-refractivity contribution in [2.24, 2.45) is 5.92 Å². The van der Waals surface area contributed by atoms with Gasteiger partial charge in [-0.15, -0.1) is 0 Å². The Labute approximate surface area is 191 Å². The number of carbonyl (C=O) groups is 2. The minimum Gasteiger partial charge on any atom is -0.410 e. The zero-order valence-corrected chi connectivity index (χ0v) is 18.6. The van der Waals surface area contributed by atoms with Crippen molar-refractivity contribution in [3.05, 3.63) is 64.9 Å². The summed E-state index contributed by atoms with van der Waals surface area (Å²) in [4.78, 5) is 29.4. The molecule has 2 saturated heterocycles. The molecule has 2 aliphatic rings. The molecule has 8 heteroatoms. The summed E-state index contributed by atoms with van der Waals surface area (Å²) in [5, 5.41) is 0.625. The number of likely N-dealkylation sites (N-methyl/N-ethyl adjacent to an activating group) is 1. The van der Waals surface area contributed by atoms with Gasteiger partial charge in [-0.25, -0.2) is 9.18 Å². The number of benzene rings is 2. The number of carbonyl (C=O) groups excluding carboxylic acids is 2. The second kappa shape index (κ2) is 9.88.